The van der Waals surface area contributed by atoms with E-state index in [1.165, 1.54) is 28.5 Å². The van der Waals surface area contributed by atoms with Crippen LogP contribution in [0.3, 0.4) is 0 Å². The van der Waals surface area contributed by atoms with Crippen LogP contribution in [0.2, 0.25) is 0 Å². The highest BCUT2D eigenvalue weighted by molar-refractivity contribution is 7.99. The Kier molecular flexibility index (Phi) is 3.98. The van der Waals surface area contributed by atoms with E-state index in [9.17, 15) is 4.79 Å². The van der Waals surface area contributed by atoms with Gasteiger partial charge in [0.15, 0.2) is 0 Å². The molecule has 0 saturated carbocycles. The van der Waals surface area contributed by atoms with Gasteiger partial charge in [0.2, 0.25) is 0 Å². The molecule has 4 rings (SSSR count). The summed E-state index contributed by atoms with van der Waals surface area (Å²) in [6, 6.07) is 7.33. The van der Waals surface area contributed by atoms with E-state index < -0.39 is 0 Å². The molecule has 1 N–H and O–H groups in total. The fourth-order valence-corrected chi connectivity index (χ4v) is 5.52. The highest BCUT2D eigenvalue weighted by Gasteiger charge is 2.39. The average Bonchev–Trinajstić information content (AvgIpc) is 2.93. The van der Waals surface area contributed by atoms with Gasteiger partial charge in [0, 0.05) is 35.6 Å². The standard InChI is InChI=1S/C19H24N2OS/c1-12(22)10-23-11-13-6-16-15-4-3-5-17-19(15)14(8-20-17)7-18(16)21(2)9-13/h3-5,8,13,16,18,20H,6-7,9-11H2,1-2H3/t13?,16?,18-/m1/s1. The maximum absolute atomic E-state index is 11.2. The third-order valence-electron chi connectivity index (χ3n) is 5.47. The summed E-state index contributed by atoms with van der Waals surface area (Å²) < 4.78 is 0. The Morgan fingerprint density at radius 1 is 1.43 bits per heavy atom. The smallest absolute Gasteiger partial charge is 0.139 e. The first-order valence-electron chi connectivity index (χ1n) is 8.49. The molecule has 1 aliphatic heterocycles. The summed E-state index contributed by atoms with van der Waals surface area (Å²) in [6.07, 6.45) is 4.61. The summed E-state index contributed by atoms with van der Waals surface area (Å²) in [5.74, 6) is 3.36. The number of thioether (sulfide) groups is 1. The lowest BCUT2D eigenvalue weighted by Gasteiger charge is -2.45. The van der Waals surface area contributed by atoms with Crippen molar-refractivity contribution in [3.05, 3.63) is 35.5 Å². The first-order chi connectivity index (χ1) is 11.1. The molecule has 1 aromatic carbocycles. The number of hydrogen-bond donors (Lipinski definition) is 1. The molecule has 1 saturated heterocycles. The summed E-state index contributed by atoms with van der Waals surface area (Å²) in [5.41, 5.74) is 4.29. The number of carbonyl (C=O) groups is 1. The molecule has 1 fully saturated rings. The van der Waals surface area contributed by atoms with Crippen LogP contribution in [-0.2, 0) is 11.2 Å². The van der Waals surface area contributed by atoms with E-state index in [4.69, 9.17) is 0 Å². The molecule has 3 nitrogen and oxygen atoms in total. The number of aromatic nitrogens is 1. The summed E-state index contributed by atoms with van der Waals surface area (Å²) >= 11 is 1.81. The molecule has 0 amide bonds. The Morgan fingerprint density at radius 2 is 2.30 bits per heavy atom. The van der Waals surface area contributed by atoms with E-state index >= 15 is 0 Å². The second-order valence-electron chi connectivity index (χ2n) is 7.22. The van der Waals surface area contributed by atoms with Crippen LogP contribution in [0.15, 0.2) is 24.4 Å². The molecule has 4 heteroatoms. The first-order valence-corrected chi connectivity index (χ1v) is 9.65. The lowest BCUT2D eigenvalue weighted by Crippen LogP contribution is -2.48. The minimum absolute atomic E-state index is 0.288. The normalized spacial score (nSPS) is 27.1. The van der Waals surface area contributed by atoms with E-state index in [1.807, 2.05) is 0 Å². The van der Waals surface area contributed by atoms with Crippen LogP contribution in [0, 0.1) is 5.92 Å². The van der Waals surface area contributed by atoms with Gasteiger partial charge in [-0.3, -0.25) is 4.79 Å². The van der Waals surface area contributed by atoms with Crippen LogP contribution >= 0.6 is 11.8 Å². The number of likely N-dealkylation sites (tertiary alicyclic amines) is 1. The molecule has 2 aliphatic rings. The zero-order chi connectivity index (χ0) is 16.0. The second kappa shape index (κ2) is 5.99. The third-order valence-corrected chi connectivity index (χ3v) is 6.79. The lowest BCUT2D eigenvalue weighted by molar-refractivity contribution is -0.114. The van der Waals surface area contributed by atoms with Crippen LogP contribution in [0.5, 0.6) is 0 Å². The number of likely N-dealkylation sites (N-methyl/N-ethyl adjacent to an activating group) is 1. The predicted octanol–water partition coefficient (Wildman–Crippen LogP) is 3.45. The summed E-state index contributed by atoms with van der Waals surface area (Å²) in [5, 5.41) is 1.47. The largest absolute Gasteiger partial charge is 0.361 e. The van der Waals surface area contributed by atoms with Gasteiger partial charge in [0.1, 0.15) is 5.78 Å². The number of carbonyl (C=O) groups excluding carboxylic acids is 1. The second-order valence-corrected chi connectivity index (χ2v) is 8.25. The molecule has 2 aromatic rings. The van der Waals surface area contributed by atoms with E-state index in [-0.39, 0.29) is 5.78 Å². The van der Waals surface area contributed by atoms with Gasteiger partial charge in [-0.25, -0.2) is 0 Å². The highest BCUT2D eigenvalue weighted by Crippen LogP contribution is 2.44. The molecule has 2 heterocycles. The first kappa shape index (κ1) is 15.3. The molecule has 2 unspecified atom stereocenters. The highest BCUT2D eigenvalue weighted by atomic mass is 32.2. The van der Waals surface area contributed by atoms with Crippen LogP contribution in [0.1, 0.15) is 30.4 Å². The molecule has 1 aromatic heterocycles. The maximum atomic E-state index is 11.2. The number of rotatable bonds is 4. The monoisotopic (exact) mass is 328 g/mol. The number of benzene rings is 1. The van der Waals surface area contributed by atoms with Crippen LogP contribution in [0.25, 0.3) is 10.9 Å². The van der Waals surface area contributed by atoms with Crippen LogP contribution in [0.4, 0.5) is 0 Å². The van der Waals surface area contributed by atoms with Gasteiger partial charge in [-0.1, -0.05) is 12.1 Å². The van der Waals surface area contributed by atoms with Crippen molar-refractivity contribution in [3.63, 3.8) is 0 Å². The third kappa shape index (κ3) is 2.72. The van der Waals surface area contributed by atoms with Crippen molar-refractivity contribution in [2.45, 2.75) is 31.7 Å². The number of piperidine rings is 1. The molecule has 23 heavy (non-hydrogen) atoms. The Morgan fingerprint density at radius 3 is 3.13 bits per heavy atom. The maximum Gasteiger partial charge on any atom is 0.139 e. The number of ketones is 1. The fraction of sp³-hybridized carbons (Fsp3) is 0.526. The SMILES string of the molecule is CC(=O)CSCC1CC2c3cccc4[nH]cc(c34)C[C@H]2N(C)C1. The quantitative estimate of drug-likeness (QED) is 0.934. The van der Waals surface area contributed by atoms with Crippen LogP contribution < -0.4 is 0 Å². The summed E-state index contributed by atoms with van der Waals surface area (Å²) in [7, 11) is 2.28. The number of nitrogens with zero attached hydrogens (tertiary/aromatic N) is 1. The molecular formula is C19H24N2OS. The number of Topliss-reactive ketones (excluding diaryl/α,β-unsaturated/α-hetero) is 1. The lowest BCUT2D eigenvalue weighted by atomic mass is 9.73. The van der Waals surface area contributed by atoms with Gasteiger partial charge < -0.3 is 9.88 Å². The molecule has 0 radical (unpaired) electrons. The van der Waals surface area contributed by atoms with Crippen molar-refractivity contribution in [2.24, 2.45) is 5.92 Å². The van der Waals surface area contributed by atoms with Crippen molar-refractivity contribution in [3.8, 4) is 0 Å². The molecular weight excluding hydrogens is 304 g/mol. The van der Waals surface area contributed by atoms with E-state index in [0.29, 0.717) is 23.6 Å². The topological polar surface area (TPSA) is 36.1 Å². The van der Waals surface area contributed by atoms with Crippen molar-refractivity contribution in [2.75, 3.05) is 25.1 Å². The Labute approximate surface area is 141 Å². The zero-order valence-corrected chi connectivity index (χ0v) is 14.7. The number of nitrogens with one attached hydrogen (secondary N) is 1. The van der Waals surface area contributed by atoms with E-state index in [2.05, 4.69) is 41.3 Å². The molecule has 0 spiro atoms. The molecule has 1 aliphatic carbocycles. The average molecular weight is 328 g/mol. The van der Waals surface area contributed by atoms with Gasteiger partial charge in [0.25, 0.3) is 0 Å². The van der Waals surface area contributed by atoms with Gasteiger partial charge >= 0.3 is 0 Å². The minimum Gasteiger partial charge on any atom is -0.361 e. The number of aromatic amines is 1. The van der Waals surface area contributed by atoms with Crippen LogP contribution in [-0.4, -0.2) is 46.8 Å². The van der Waals surface area contributed by atoms with E-state index in [1.54, 1.807) is 18.7 Å². The van der Waals surface area contributed by atoms with Crippen molar-refractivity contribution >= 4 is 28.4 Å². The Hall–Kier alpha value is -1.26. The Balaban J connectivity index is 1.59. The molecule has 122 valence electrons. The zero-order valence-electron chi connectivity index (χ0n) is 13.8. The Bertz CT molecular complexity index is 738. The van der Waals surface area contributed by atoms with Gasteiger partial charge in [-0.2, -0.15) is 11.8 Å². The van der Waals surface area contributed by atoms with Crippen molar-refractivity contribution in [1.29, 1.82) is 0 Å². The number of H-pyrrole nitrogens is 1. The van der Waals surface area contributed by atoms with Gasteiger partial charge in [-0.15, -0.1) is 0 Å². The van der Waals surface area contributed by atoms with Gasteiger partial charge in [-0.05, 0) is 55.7 Å². The molecule has 0 bridgehead atoms. The molecule has 3 atom stereocenters. The van der Waals surface area contributed by atoms with Gasteiger partial charge in [0.05, 0.1) is 5.75 Å². The predicted molar refractivity (Wildman–Crippen MR) is 97.3 cm³/mol. The number of hydrogen-bond acceptors (Lipinski definition) is 3. The minimum atomic E-state index is 0.288. The van der Waals surface area contributed by atoms with Crippen molar-refractivity contribution in [1.82, 2.24) is 9.88 Å². The fourth-order valence-electron chi connectivity index (χ4n) is 4.54. The van der Waals surface area contributed by atoms with Crippen molar-refractivity contribution < 1.29 is 4.79 Å². The summed E-state index contributed by atoms with van der Waals surface area (Å²) in [4.78, 5) is 17.2. The summed E-state index contributed by atoms with van der Waals surface area (Å²) in [6.45, 7) is 2.84. The van der Waals surface area contributed by atoms with E-state index in [0.717, 1.165) is 18.7 Å². The number of fused-ring (bicyclic) bond motifs is 2.